The molecule has 0 fully saturated rings. The highest BCUT2D eigenvalue weighted by atomic mass is 16.5. The van der Waals surface area contributed by atoms with Crippen molar-refractivity contribution in [1.29, 1.82) is 0 Å². The van der Waals surface area contributed by atoms with E-state index >= 15 is 0 Å². The fourth-order valence-corrected chi connectivity index (χ4v) is 0.283. The van der Waals surface area contributed by atoms with Gasteiger partial charge in [-0.15, -0.1) is 0 Å². The van der Waals surface area contributed by atoms with Gasteiger partial charge in [0.25, 0.3) is 0 Å². The van der Waals surface area contributed by atoms with Crippen LogP contribution in [0.1, 0.15) is 0 Å². The fourth-order valence-electron chi connectivity index (χ4n) is 0.283. The molecule has 0 atom stereocenters. The van der Waals surface area contributed by atoms with E-state index in [0.29, 0.717) is 13.1 Å². The second-order valence-corrected chi connectivity index (χ2v) is 1.54. The van der Waals surface area contributed by atoms with E-state index in [2.05, 4.69) is 5.32 Å². The maximum absolute atomic E-state index is 8.15. The predicted octanol–water partition coefficient (Wildman–Crippen LogP) is -3.01. The van der Waals surface area contributed by atoms with Gasteiger partial charge in [-0.2, -0.15) is 0 Å². The molecule has 0 bridgehead atoms. The topological polar surface area (TPSA) is 218 Å². The normalized spacial score (nSPS) is 6.64. The van der Waals surface area contributed by atoms with Gasteiger partial charge in [0, 0.05) is 13.1 Å². The summed E-state index contributed by atoms with van der Waals surface area (Å²) in [6.07, 6.45) is 0. The molecular formula is C4H23BN4O5. The van der Waals surface area contributed by atoms with Crippen molar-refractivity contribution >= 4 is 7.32 Å². The molecular weight excluding hydrogens is 195 g/mol. The fraction of sp³-hybridized carbons (Fsp3) is 1.00. The summed E-state index contributed by atoms with van der Waals surface area (Å²) in [4.78, 5) is 0. The van der Waals surface area contributed by atoms with Gasteiger partial charge in [0.1, 0.15) is 0 Å². The highest BCUT2D eigenvalue weighted by Crippen LogP contribution is 1.54. The van der Waals surface area contributed by atoms with Crippen LogP contribution in [0.2, 0.25) is 0 Å². The minimum absolute atomic E-state index is 0. The highest BCUT2D eigenvalue weighted by molar-refractivity contribution is 6.30. The van der Waals surface area contributed by atoms with Gasteiger partial charge < -0.3 is 49.1 Å². The quantitative estimate of drug-likeness (QED) is 0.173. The molecule has 0 rings (SSSR count). The average Bonchev–Trinajstić information content (AvgIpc) is 1.88. The highest BCUT2D eigenvalue weighted by Gasteiger charge is 1.92. The van der Waals surface area contributed by atoms with Crippen molar-refractivity contribution in [2.24, 2.45) is 0 Å². The minimum Gasteiger partial charge on any atom is -0.402 e. The van der Waals surface area contributed by atoms with E-state index < -0.39 is 7.32 Å². The van der Waals surface area contributed by atoms with Crippen molar-refractivity contribution in [3.05, 3.63) is 0 Å². The van der Waals surface area contributed by atoms with Gasteiger partial charge in [-0.3, -0.25) is 0 Å². The molecule has 10 heteroatoms. The maximum Gasteiger partial charge on any atom is 0.631 e. The first-order valence-electron chi connectivity index (χ1n) is 3.11. The summed E-state index contributed by atoms with van der Waals surface area (Å²) in [6.45, 7) is 1.42. The Bertz CT molecular complexity index is 64.9. The van der Waals surface area contributed by atoms with Crippen molar-refractivity contribution < 1.29 is 25.3 Å². The lowest BCUT2D eigenvalue weighted by Crippen LogP contribution is -2.21. The third kappa shape index (κ3) is 97.7. The van der Waals surface area contributed by atoms with E-state index in [1.54, 1.807) is 0 Å². The van der Waals surface area contributed by atoms with Gasteiger partial charge in [0.05, 0.1) is 13.2 Å². The molecule has 0 aromatic heterocycles. The molecule has 0 aromatic carbocycles. The average molecular weight is 218 g/mol. The zero-order chi connectivity index (χ0) is 9.11. The Labute approximate surface area is 83.7 Å². The van der Waals surface area contributed by atoms with Gasteiger partial charge in [-0.25, -0.2) is 0 Å². The zero-order valence-corrected chi connectivity index (χ0v) is 8.26. The molecule has 0 saturated carbocycles. The number of rotatable bonds is 4. The maximum atomic E-state index is 8.15. The molecule has 0 aliphatic rings. The number of aliphatic hydroxyl groups is 2. The number of aliphatic hydroxyl groups excluding tert-OH is 2. The van der Waals surface area contributed by atoms with Crippen LogP contribution in [0.15, 0.2) is 0 Å². The minimum atomic E-state index is -2.17. The lowest BCUT2D eigenvalue weighted by atomic mass is 10.3. The van der Waals surface area contributed by atoms with E-state index in [0.717, 1.165) is 0 Å². The first-order chi connectivity index (χ1) is 5.15. The summed E-state index contributed by atoms with van der Waals surface area (Å²) < 4.78 is 0. The Hall–Kier alpha value is -0.295. The first kappa shape index (κ1) is 29.2. The van der Waals surface area contributed by atoms with E-state index in [-0.39, 0.29) is 31.7 Å². The van der Waals surface area contributed by atoms with Crippen molar-refractivity contribution in [2.45, 2.75) is 0 Å². The van der Waals surface area contributed by atoms with Crippen LogP contribution in [0.5, 0.6) is 0 Å². The largest absolute Gasteiger partial charge is 0.631 e. The van der Waals surface area contributed by atoms with Crippen molar-refractivity contribution in [3.8, 4) is 0 Å². The summed E-state index contributed by atoms with van der Waals surface area (Å²) in [5.74, 6) is 0. The molecule has 0 aliphatic heterocycles. The summed E-state index contributed by atoms with van der Waals surface area (Å²) in [5, 5.41) is 40.6. The van der Waals surface area contributed by atoms with Gasteiger partial charge in [0.15, 0.2) is 0 Å². The van der Waals surface area contributed by atoms with Gasteiger partial charge >= 0.3 is 7.32 Å². The predicted molar refractivity (Wildman–Crippen MR) is 54.5 cm³/mol. The molecule has 15 N–H and O–H groups in total. The van der Waals surface area contributed by atoms with Gasteiger partial charge in [0.2, 0.25) is 0 Å². The first-order valence-corrected chi connectivity index (χ1v) is 3.11. The molecule has 92 valence electrons. The molecule has 0 radical (unpaired) electrons. The monoisotopic (exact) mass is 218 g/mol. The van der Waals surface area contributed by atoms with Gasteiger partial charge in [-0.05, 0) is 0 Å². The van der Waals surface area contributed by atoms with E-state index in [9.17, 15) is 0 Å². The molecule has 14 heavy (non-hydrogen) atoms. The Morgan fingerprint density at radius 3 is 1.14 bits per heavy atom. The smallest absolute Gasteiger partial charge is 0.402 e. The van der Waals surface area contributed by atoms with Crippen LogP contribution in [-0.2, 0) is 0 Å². The molecule has 0 amide bonds. The van der Waals surface area contributed by atoms with Crippen LogP contribution >= 0.6 is 0 Å². The summed E-state index contributed by atoms with van der Waals surface area (Å²) in [5.41, 5.74) is 0. The van der Waals surface area contributed by atoms with Crippen LogP contribution in [0.4, 0.5) is 0 Å². The molecule has 0 unspecified atom stereocenters. The summed E-state index contributed by atoms with van der Waals surface area (Å²) in [6, 6.07) is 0. The Morgan fingerprint density at radius 1 is 0.786 bits per heavy atom. The van der Waals surface area contributed by atoms with Crippen LogP contribution in [0, 0.1) is 0 Å². The van der Waals surface area contributed by atoms with Crippen LogP contribution in [0.3, 0.4) is 0 Å². The SMILES string of the molecule is N.N.N.OB(O)O.OCCNCCO. The molecule has 0 saturated heterocycles. The Kier molecular flexibility index (Phi) is 61.1. The van der Waals surface area contributed by atoms with Crippen LogP contribution in [-0.4, -0.2) is 58.9 Å². The van der Waals surface area contributed by atoms with Crippen LogP contribution in [0.25, 0.3) is 0 Å². The third-order valence-electron chi connectivity index (χ3n) is 0.577. The van der Waals surface area contributed by atoms with Crippen LogP contribution < -0.4 is 23.8 Å². The Balaban J connectivity index is -0.0000000347. The molecule has 0 aliphatic carbocycles. The second kappa shape index (κ2) is 29.3. The van der Waals surface area contributed by atoms with Gasteiger partial charge in [-0.1, -0.05) is 0 Å². The second-order valence-electron chi connectivity index (χ2n) is 1.54. The Morgan fingerprint density at radius 2 is 1.00 bits per heavy atom. The zero-order valence-electron chi connectivity index (χ0n) is 8.26. The molecule has 0 spiro atoms. The molecule has 0 heterocycles. The van der Waals surface area contributed by atoms with Crippen molar-refractivity contribution in [2.75, 3.05) is 26.3 Å². The van der Waals surface area contributed by atoms with E-state index in [1.165, 1.54) is 0 Å². The van der Waals surface area contributed by atoms with Crippen molar-refractivity contribution in [1.82, 2.24) is 23.8 Å². The van der Waals surface area contributed by atoms with Crippen molar-refractivity contribution in [3.63, 3.8) is 0 Å². The standard InChI is InChI=1S/C4H11NO2.BH3O3.3H3N/c6-3-1-5-2-4-7;2-1(3)4;;;/h5-7H,1-4H2;2-4H;3*1H3. The lowest BCUT2D eigenvalue weighted by Gasteiger charge is -1.94. The number of nitrogens with one attached hydrogen (secondary N) is 1. The van der Waals surface area contributed by atoms with E-state index in [1.807, 2.05) is 0 Å². The number of hydrogen-bond donors (Lipinski definition) is 9. The molecule has 0 aromatic rings. The number of hydrogen-bond acceptors (Lipinski definition) is 9. The lowest BCUT2D eigenvalue weighted by molar-refractivity contribution is 0.266. The summed E-state index contributed by atoms with van der Waals surface area (Å²) in [7, 11) is -2.17. The summed E-state index contributed by atoms with van der Waals surface area (Å²) >= 11 is 0. The molecule has 9 nitrogen and oxygen atoms in total. The third-order valence-corrected chi connectivity index (χ3v) is 0.577. The van der Waals surface area contributed by atoms with E-state index in [4.69, 9.17) is 25.3 Å².